The lowest BCUT2D eigenvalue weighted by molar-refractivity contribution is -0.146. The molecule has 2 aromatic heterocycles. The number of nitrogens with one attached hydrogen (secondary N) is 2. The number of hydrogen-bond donors (Lipinski definition) is 2. The Kier molecular flexibility index (Phi) is 7.11. The summed E-state index contributed by atoms with van der Waals surface area (Å²) >= 11 is 1.30. The first kappa shape index (κ1) is 21.4. The third-order valence-electron chi connectivity index (χ3n) is 4.11. The maximum Gasteiger partial charge on any atom is 0.339 e. The first-order valence-corrected chi connectivity index (χ1v) is 9.47. The maximum atomic E-state index is 12.6. The molecular weight excluding hydrogens is 384 g/mol. The quantitative estimate of drug-likeness (QED) is 0.514. The van der Waals surface area contributed by atoms with Gasteiger partial charge in [-0.3, -0.25) is 14.4 Å². The average Bonchev–Trinajstić information content (AvgIpc) is 3.28. The summed E-state index contributed by atoms with van der Waals surface area (Å²) in [5.41, 5.74) is 1.44. The molecule has 1 amide bonds. The molecular formula is C19H22N2O6S. The molecule has 0 saturated carbocycles. The van der Waals surface area contributed by atoms with Crippen molar-refractivity contribution in [2.75, 3.05) is 13.7 Å². The normalized spacial score (nSPS) is 11.6. The average molecular weight is 406 g/mol. The second-order valence-corrected chi connectivity index (χ2v) is 7.04. The number of esters is 2. The van der Waals surface area contributed by atoms with Crippen LogP contribution >= 0.6 is 11.3 Å². The van der Waals surface area contributed by atoms with E-state index < -0.39 is 23.8 Å². The number of aryl methyl sites for hydroxylation is 1. The Bertz CT molecular complexity index is 885. The second-order valence-electron chi connectivity index (χ2n) is 6.10. The van der Waals surface area contributed by atoms with Gasteiger partial charge < -0.3 is 19.8 Å². The minimum Gasteiger partial charge on any atom is -0.465 e. The summed E-state index contributed by atoms with van der Waals surface area (Å²) < 4.78 is 9.87. The van der Waals surface area contributed by atoms with Gasteiger partial charge in [-0.25, -0.2) is 4.79 Å². The Hall–Kier alpha value is -2.94. The molecule has 2 N–H and O–H groups in total. The third kappa shape index (κ3) is 4.86. The van der Waals surface area contributed by atoms with Gasteiger partial charge in [-0.15, -0.1) is 11.3 Å². The molecule has 0 aromatic carbocycles. The standard InChI is InChI=1S/C19H22N2O6S/c1-10-15(19(25)26-4)11(2)21-16(10)17(23)12(3)27-14(22)7-8-20-18(24)13-6-5-9-28-13/h5-6,9,12,21H,7-8H2,1-4H3,(H,20,24). The lowest BCUT2D eigenvalue weighted by Gasteiger charge is -2.12. The SMILES string of the molecule is COC(=O)c1c(C)[nH]c(C(=O)C(C)OC(=O)CCNC(=O)c2cccs2)c1C. The molecule has 0 spiro atoms. The maximum absolute atomic E-state index is 12.6. The molecule has 0 bridgehead atoms. The van der Waals surface area contributed by atoms with Crippen LogP contribution in [-0.2, 0) is 14.3 Å². The molecule has 0 aliphatic rings. The monoisotopic (exact) mass is 406 g/mol. The van der Waals surface area contributed by atoms with Crippen LogP contribution in [0.5, 0.6) is 0 Å². The van der Waals surface area contributed by atoms with Crippen LogP contribution in [0.1, 0.15) is 55.1 Å². The number of amides is 1. The zero-order valence-corrected chi connectivity index (χ0v) is 16.9. The fourth-order valence-electron chi connectivity index (χ4n) is 2.69. The van der Waals surface area contributed by atoms with E-state index in [2.05, 4.69) is 10.3 Å². The van der Waals surface area contributed by atoms with E-state index in [1.165, 1.54) is 25.4 Å². The fourth-order valence-corrected chi connectivity index (χ4v) is 3.33. The number of aromatic nitrogens is 1. The lowest BCUT2D eigenvalue weighted by atomic mass is 10.1. The van der Waals surface area contributed by atoms with Gasteiger partial charge >= 0.3 is 11.9 Å². The van der Waals surface area contributed by atoms with E-state index in [1.54, 1.807) is 31.4 Å². The highest BCUT2D eigenvalue weighted by Crippen LogP contribution is 2.21. The van der Waals surface area contributed by atoms with Crippen LogP contribution in [0.4, 0.5) is 0 Å². The summed E-state index contributed by atoms with van der Waals surface area (Å²) in [6, 6.07) is 3.44. The number of thiophene rings is 1. The molecule has 0 aliphatic heterocycles. The summed E-state index contributed by atoms with van der Waals surface area (Å²) in [7, 11) is 1.26. The molecule has 2 rings (SSSR count). The lowest BCUT2D eigenvalue weighted by Crippen LogP contribution is -2.29. The smallest absolute Gasteiger partial charge is 0.339 e. The molecule has 150 valence electrons. The van der Waals surface area contributed by atoms with E-state index >= 15 is 0 Å². The largest absolute Gasteiger partial charge is 0.465 e. The van der Waals surface area contributed by atoms with Crippen molar-refractivity contribution in [2.45, 2.75) is 33.3 Å². The number of methoxy groups -OCH3 is 1. The van der Waals surface area contributed by atoms with Crippen LogP contribution in [0, 0.1) is 13.8 Å². The van der Waals surface area contributed by atoms with E-state index in [-0.39, 0.29) is 24.6 Å². The van der Waals surface area contributed by atoms with Crippen LogP contribution in [0.3, 0.4) is 0 Å². The van der Waals surface area contributed by atoms with Crippen molar-refractivity contribution in [3.63, 3.8) is 0 Å². The number of hydrogen-bond acceptors (Lipinski definition) is 7. The van der Waals surface area contributed by atoms with Crippen LogP contribution in [0.15, 0.2) is 17.5 Å². The van der Waals surface area contributed by atoms with Gasteiger partial charge in [-0.1, -0.05) is 6.07 Å². The van der Waals surface area contributed by atoms with Crippen molar-refractivity contribution in [2.24, 2.45) is 0 Å². The Morgan fingerprint density at radius 1 is 1.25 bits per heavy atom. The minimum absolute atomic E-state index is 0.0646. The third-order valence-corrected chi connectivity index (χ3v) is 4.98. The second kappa shape index (κ2) is 9.32. The molecule has 0 saturated heterocycles. The number of ether oxygens (including phenoxy) is 2. The zero-order chi connectivity index (χ0) is 20.8. The number of carbonyl (C=O) groups excluding carboxylic acids is 4. The van der Waals surface area contributed by atoms with E-state index in [0.717, 1.165) is 0 Å². The number of carbonyl (C=O) groups is 4. The number of Topliss-reactive ketones (excluding diaryl/α,β-unsaturated/α-hetero) is 1. The molecule has 2 aromatic rings. The van der Waals surface area contributed by atoms with Gasteiger partial charge in [0.2, 0.25) is 5.78 Å². The summed E-state index contributed by atoms with van der Waals surface area (Å²) in [6.07, 6.45) is -1.10. The molecule has 9 heteroatoms. The zero-order valence-electron chi connectivity index (χ0n) is 16.1. The first-order valence-electron chi connectivity index (χ1n) is 8.59. The Morgan fingerprint density at radius 2 is 1.96 bits per heavy atom. The van der Waals surface area contributed by atoms with E-state index in [0.29, 0.717) is 21.7 Å². The van der Waals surface area contributed by atoms with E-state index in [4.69, 9.17) is 9.47 Å². The van der Waals surface area contributed by atoms with Gasteiger partial charge in [-0.2, -0.15) is 0 Å². The highest BCUT2D eigenvalue weighted by molar-refractivity contribution is 7.12. The molecule has 0 radical (unpaired) electrons. The van der Waals surface area contributed by atoms with Gasteiger partial charge in [-0.05, 0) is 37.8 Å². The Morgan fingerprint density at radius 3 is 2.57 bits per heavy atom. The van der Waals surface area contributed by atoms with Crippen molar-refractivity contribution in [3.8, 4) is 0 Å². The fraction of sp³-hybridized carbons (Fsp3) is 0.368. The van der Waals surface area contributed by atoms with Gasteiger partial charge in [0.15, 0.2) is 6.10 Å². The highest BCUT2D eigenvalue weighted by Gasteiger charge is 2.27. The predicted molar refractivity (Wildman–Crippen MR) is 103 cm³/mol. The summed E-state index contributed by atoms with van der Waals surface area (Å²) in [5, 5.41) is 4.40. The van der Waals surface area contributed by atoms with Gasteiger partial charge in [0, 0.05) is 12.2 Å². The first-order chi connectivity index (χ1) is 13.3. The molecule has 8 nitrogen and oxygen atoms in total. The summed E-state index contributed by atoms with van der Waals surface area (Å²) in [5.74, 6) is -1.87. The molecule has 2 heterocycles. The Balaban J connectivity index is 1.90. The topological polar surface area (TPSA) is 115 Å². The van der Waals surface area contributed by atoms with Crippen LogP contribution in [0.2, 0.25) is 0 Å². The Labute approximate surface area is 166 Å². The minimum atomic E-state index is -1.04. The van der Waals surface area contributed by atoms with Crippen molar-refractivity contribution in [1.82, 2.24) is 10.3 Å². The summed E-state index contributed by atoms with van der Waals surface area (Å²) in [4.78, 5) is 51.6. The van der Waals surface area contributed by atoms with Crippen LogP contribution < -0.4 is 5.32 Å². The van der Waals surface area contributed by atoms with Gasteiger partial charge in [0.05, 0.1) is 29.7 Å². The predicted octanol–water partition coefficient (Wildman–Crippen LogP) is 2.41. The number of rotatable bonds is 8. The van der Waals surface area contributed by atoms with Gasteiger partial charge in [0.25, 0.3) is 5.91 Å². The number of H-pyrrole nitrogens is 1. The van der Waals surface area contributed by atoms with Crippen molar-refractivity contribution in [3.05, 3.63) is 44.9 Å². The molecule has 1 unspecified atom stereocenters. The van der Waals surface area contributed by atoms with Gasteiger partial charge in [0.1, 0.15) is 0 Å². The summed E-state index contributed by atoms with van der Waals surface area (Å²) in [6.45, 7) is 4.84. The highest BCUT2D eigenvalue weighted by atomic mass is 32.1. The van der Waals surface area contributed by atoms with E-state index in [9.17, 15) is 19.2 Å². The van der Waals surface area contributed by atoms with Crippen LogP contribution in [-0.4, -0.2) is 48.4 Å². The molecule has 0 fully saturated rings. The van der Waals surface area contributed by atoms with Crippen molar-refractivity contribution >= 4 is 35.0 Å². The van der Waals surface area contributed by atoms with E-state index in [1.807, 2.05) is 0 Å². The molecule has 1 atom stereocenters. The van der Waals surface area contributed by atoms with Crippen molar-refractivity contribution < 1.29 is 28.7 Å². The number of ketones is 1. The number of aromatic amines is 1. The molecule has 0 aliphatic carbocycles. The van der Waals surface area contributed by atoms with Crippen LogP contribution in [0.25, 0.3) is 0 Å². The molecule has 28 heavy (non-hydrogen) atoms. The van der Waals surface area contributed by atoms with Crippen molar-refractivity contribution in [1.29, 1.82) is 0 Å².